The smallest absolute Gasteiger partial charge is 0.422 e. The van der Waals surface area contributed by atoms with Crippen LogP contribution in [0.4, 0.5) is 13.2 Å². The number of nitrogens with zero attached hydrogens (tertiary/aromatic N) is 2. The molecule has 0 bridgehead atoms. The SMILES string of the molecule is O=C(c1ncccc1OCC(F)(F)F)N1CC(O)C1. The van der Waals surface area contributed by atoms with Crippen LogP contribution in [0.3, 0.4) is 0 Å². The average Bonchev–Trinajstić information content (AvgIpc) is 2.31. The molecule has 0 aliphatic carbocycles. The number of likely N-dealkylation sites (tertiary alicyclic amines) is 1. The Hall–Kier alpha value is -1.83. The van der Waals surface area contributed by atoms with Gasteiger partial charge in [0.05, 0.1) is 6.10 Å². The summed E-state index contributed by atoms with van der Waals surface area (Å²) in [5.74, 6) is -0.769. The second-order valence-corrected chi connectivity index (χ2v) is 4.12. The summed E-state index contributed by atoms with van der Waals surface area (Å²) in [6.07, 6.45) is -3.78. The van der Waals surface area contributed by atoms with E-state index in [2.05, 4.69) is 9.72 Å². The lowest BCUT2D eigenvalue weighted by molar-refractivity contribution is -0.153. The molecule has 1 aliphatic rings. The highest BCUT2D eigenvalue weighted by atomic mass is 19.4. The monoisotopic (exact) mass is 276 g/mol. The number of aliphatic hydroxyl groups excluding tert-OH is 1. The first-order chi connectivity index (χ1) is 8.87. The number of β-amino-alcohol motifs (C(OH)–C–C–N with tert-alkyl or cyclic N) is 1. The van der Waals surface area contributed by atoms with Crippen LogP contribution in [-0.2, 0) is 0 Å². The van der Waals surface area contributed by atoms with E-state index in [1.165, 1.54) is 23.2 Å². The lowest BCUT2D eigenvalue weighted by atomic mass is 10.1. The fourth-order valence-corrected chi connectivity index (χ4v) is 1.60. The first-order valence-corrected chi connectivity index (χ1v) is 5.49. The van der Waals surface area contributed by atoms with Gasteiger partial charge in [-0.15, -0.1) is 0 Å². The van der Waals surface area contributed by atoms with Gasteiger partial charge in [-0.1, -0.05) is 0 Å². The van der Waals surface area contributed by atoms with Crippen LogP contribution in [-0.4, -0.2) is 52.9 Å². The zero-order valence-electron chi connectivity index (χ0n) is 9.72. The van der Waals surface area contributed by atoms with Crippen molar-refractivity contribution in [2.45, 2.75) is 12.3 Å². The Morgan fingerprint density at radius 1 is 1.53 bits per heavy atom. The molecule has 1 aromatic rings. The summed E-state index contributed by atoms with van der Waals surface area (Å²) in [6.45, 7) is -1.19. The van der Waals surface area contributed by atoms with E-state index >= 15 is 0 Å². The van der Waals surface area contributed by atoms with Crippen LogP contribution in [0.2, 0.25) is 0 Å². The van der Waals surface area contributed by atoms with Crippen molar-refractivity contribution in [3.63, 3.8) is 0 Å². The van der Waals surface area contributed by atoms with Gasteiger partial charge in [0.15, 0.2) is 18.1 Å². The molecule has 104 valence electrons. The molecule has 1 aromatic heterocycles. The van der Waals surface area contributed by atoms with Crippen LogP contribution < -0.4 is 4.74 Å². The number of hydrogen-bond acceptors (Lipinski definition) is 4. The van der Waals surface area contributed by atoms with Crippen molar-refractivity contribution in [2.75, 3.05) is 19.7 Å². The Morgan fingerprint density at radius 2 is 2.21 bits per heavy atom. The molecular weight excluding hydrogens is 265 g/mol. The van der Waals surface area contributed by atoms with Crippen molar-refractivity contribution in [3.8, 4) is 5.75 Å². The summed E-state index contributed by atoms with van der Waals surface area (Å²) in [5, 5.41) is 9.10. The van der Waals surface area contributed by atoms with Gasteiger partial charge in [-0.05, 0) is 12.1 Å². The summed E-state index contributed by atoms with van der Waals surface area (Å²) >= 11 is 0. The lowest BCUT2D eigenvalue weighted by Crippen LogP contribution is -2.53. The number of carbonyl (C=O) groups excluding carboxylic acids is 1. The van der Waals surface area contributed by atoms with Gasteiger partial charge in [-0.25, -0.2) is 4.98 Å². The van der Waals surface area contributed by atoms with E-state index in [1.54, 1.807) is 0 Å². The average molecular weight is 276 g/mol. The molecule has 1 N–H and O–H groups in total. The van der Waals surface area contributed by atoms with Crippen molar-refractivity contribution < 1.29 is 27.8 Å². The Kier molecular flexibility index (Phi) is 3.61. The zero-order valence-corrected chi connectivity index (χ0v) is 9.72. The maximum absolute atomic E-state index is 12.1. The van der Waals surface area contributed by atoms with Crippen molar-refractivity contribution in [2.24, 2.45) is 0 Å². The molecule has 0 spiro atoms. The topological polar surface area (TPSA) is 62.7 Å². The summed E-state index contributed by atoms with van der Waals surface area (Å²) in [7, 11) is 0. The number of rotatable bonds is 3. The van der Waals surface area contributed by atoms with Crippen molar-refractivity contribution in [1.82, 2.24) is 9.88 Å². The van der Waals surface area contributed by atoms with Gasteiger partial charge in [0.2, 0.25) is 0 Å². The molecule has 1 fully saturated rings. The van der Waals surface area contributed by atoms with Gasteiger partial charge in [0.25, 0.3) is 5.91 Å². The first kappa shape index (κ1) is 13.6. The number of carbonyl (C=O) groups is 1. The fraction of sp³-hybridized carbons (Fsp3) is 0.455. The third kappa shape index (κ3) is 3.34. The van der Waals surface area contributed by atoms with Crippen LogP contribution in [0, 0.1) is 0 Å². The van der Waals surface area contributed by atoms with Crippen molar-refractivity contribution in [3.05, 3.63) is 24.0 Å². The maximum atomic E-state index is 12.1. The zero-order chi connectivity index (χ0) is 14.0. The molecule has 2 heterocycles. The second-order valence-electron chi connectivity index (χ2n) is 4.12. The van der Waals surface area contributed by atoms with Gasteiger partial charge in [0.1, 0.15) is 0 Å². The predicted octanol–water partition coefficient (Wildman–Crippen LogP) is 0.839. The summed E-state index contributed by atoms with van der Waals surface area (Å²) in [6, 6.07) is 2.63. The molecule has 0 radical (unpaired) electrons. The van der Waals surface area contributed by atoms with Crippen LogP contribution in [0.5, 0.6) is 5.75 Å². The normalized spacial score (nSPS) is 16.1. The van der Waals surface area contributed by atoms with Crippen LogP contribution in [0.1, 0.15) is 10.5 Å². The quantitative estimate of drug-likeness (QED) is 0.888. The third-order valence-electron chi connectivity index (χ3n) is 2.51. The van der Waals surface area contributed by atoms with Gasteiger partial charge >= 0.3 is 6.18 Å². The number of ether oxygens (including phenoxy) is 1. The second kappa shape index (κ2) is 5.04. The standard InChI is InChI=1S/C11H11F3N2O3/c12-11(13,14)6-19-8-2-1-3-15-9(8)10(18)16-4-7(17)5-16/h1-3,7,17H,4-6H2. The number of alkyl halides is 3. The Labute approximate surface area is 106 Å². The maximum Gasteiger partial charge on any atom is 0.422 e. The number of aliphatic hydroxyl groups is 1. The molecule has 19 heavy (non-hydrogen) atoms. The van der Waals surface area contributed by atoms with Gasteiger partial charge in [-0.3, -0.25) is 4.79 Å². The van der Waals surface area contributed by atoms with Crippen LogP contribution in [0.15, 0.2) is 18.3 Å². The minimum Gasteiger partial charge on any atom is -0.482 e. The van der Waals surface area contributed by atoms with Crippen LogP contribution in [0.25, 0.3) is 0 Å². The number of halogens is 3. The van der Waals surface area contributed by atoms with Gasteiger partial charge < -0.3 is 14.7 Å². The number of aromatic nitrogens is 1. The molecule has 1 saturated heterocycles. The summed E-state index contributed by atoms with van der Waals surface area (Å²) in [4.78, 5) is 16.9. The van der Waals surface area contributed by atoms with Crippen molar-refractivity contribution >= 4 is 5.91 Å². The first-order valence-electron chi connectivity index (χ1n) is 5.49. The molecule has 1 amide bonds. The Morgan fingerprint density at radius 3 is 2.79 bits per heavy atom. The number of hydrogen-bond donors (Lipinski definition) is 1. The molecule has 0 atom stereocenters. The minimum absolute atomic E-state index is 0.147. The van der Waals surface area contributed by atoms with E-state index in [-0.39, 0.29) is 24.5 Å². The Bertz CT molecular complexity index is 472. The van der Waals surface area contributed by atoms with Crippen LogP contribution >= 0.6 is 0 Å². The third-order valence-corrected chi connectivity index (χ3v) is 2.51. The Balaban J connectivity index is 2.10. The van der Waals surface area contributed by atoms with Crippen molar-refractivity contribution in [1.29, 1.82) is 0 Å². The van der Waals surface area contributed by atoms with E-state index < -0.39 is 24.8 Å². The summed E-state index contributed by atoms with van der Waals surface area (Å²) < 4.78 is 40.8. The molecular formula is C11H11F3N2O3. The molecule has 0 aromatic carbocycles. The molecule has 1 aliphatic heterocycles. The predicted molar refractivity (Wildman–Crippen MR) is 57.7 cm³/mol. The number of amides is 1. The summed E-state index contributed by atoms with van der Waals surface area (Å²) in [5.41, 5.74) is -0.182. The molecule has 5 nitrogen and oxygen atoms in total. The van der Waals surface area contributed by atoms with Gasteiger partial charge in [0, 0.05) is 19.3 Å². The molecule has 2 rings (SSSR count). The number of pyridine rings is 1. The highest BCUT2D eigenvalue weighted by Gasteiger charge is 2.33. The minimum atomic E-state index is -4.48. The largest absolute Gasteiger partial charge is 0.482 e. The van der Waals surface area contributed by atoms with E-state index in [4.69, 9.17) is 5.11 Å². The van der Waals surface area contributed by atoms with E-state index in [9.17, 15) is 18.0 Å². The molecule has 8 heteroatoms. The lowest BCUT2D eigenvalue weighted by Gasteiger charge is -2.35. The van der Waals surface area contributed by atoms with E-state index in [0.29, 0.717) is 0 Å². The van der Waals surface area contributed by atoms with E-state index in [0.717, 1.165) is 0 Å². The highest BCUT2D eigenvalue weighted by Crippen LogP contribution is 2.23. The molecule has 0 saturated carbocycles. The van der Waals surface area contributed by atoms with E-state index in [1.807, 2.05) is 0 Å². The fourth-order valence-electron chi connectivity index (χ4n) is 1.60. The van der Waals surface area contributed by atoms with Gasteiger partial charge in [-0.2, -0.15) is 13.2 Å². The highest BCUT2D eigenvalue weighted by molar-refractivity contribution is 5.95. The molecule has 0 unspecified atom stereocenters.